The molecule has 11 heteroatoms. The molecule has 0 saturated heterocycles. The Morgan fingerprint density at radius 1 is 1.22 bits per heavy atom. The second-order valence-electron chi connectivity index (χ2n) is 5.75. The van der Waals surface area contributed by atoms with E-state index < -0.39 is 0 Å². The summed E-state index contributed by atoms with van der Waals surface area (Å²) in [5, 5.41) is 21.1. The van der Waals surface area contributed by atoms with Gasteiger partial charge in [-0.3, -0.25) is 14.7 Å². The summed E-state index contributed by atoms with van der Waals surface area (Å²) in [6.07, 6.45) is 0. The van der Waals surface area contributed by atoms with Gasteiger partial charge in [0.2, 0.25) is 17.0 Å². The van der Waals surface area contributed by atoms with Crippen molar-refractivity contribution >= 4 is 45.8 Å². The average molecular weight is 403 g/mol. The molecule has 1 N–H and O–H groups in total. The minimum absolute atomic E-state index is 0.140. The first-order valence-electron chi connectivity index (χ1n) is 8.21. The summed E-state index contributed by atoms with van der Waals surface area (Å²) in [4.78, 5) is 14.2. The Balaban J connectivity index is 1.40. The SMILES string of the molecule is COc1ccc(N2CCn3c(SCC(=O)Nc4nnc(C)s4)nnc32)cc1. The molecule has 0 fully saturated rings. The van der Waals surface area contributed by atoms with Gasteiger partial charge in [-0.25, -0.2) is 0 Å². The Hall–Kier alpha value is -2.66. The smallest absolute Gasteiger partial charge is 0.236 e. The van der Waals surface area contributed by atoms with E-state index in [9.17, 15) is 4.79 Å². The first-order valence-corrected chi connectivity index (χ1v) is 10.0. The molecule has 1 aliphatic heterocycles. The number of nitrogens with zero attached hydrogens (tertiary/aromatic N) is 6. The minimum Gasteiger partial charge on any atom is -0.497 e. The standard InChI is InChI=1S/C16H17N7O2S2/c1-10-18-19-14(27-10)17-13(24)9-26-16-21-20-15-22(7-8-23(15)16)11-3-5-12(25-2)6-4-11/h3-6H,7-9H2,1-2H3,(H,17,19,24). The Morgan fingerprint density at radius 3 is 2.74 bits per heavy atom. The van der Waals surface area contributed by atoms with E-state index in [0.29, 0.717) is 5.13 Å². The van der Waals surface area contributed by atoms with Crippen LogP contribution in [0.25, 0.3) is 0 Å². The zero-order valence-corrected chi connectivity index (χ0v) is 16.4. The molecule has 0 radical (unpaired) electrons. The third-order valence-electron chi connectivity index (χ3n) is 3.97. The van der Waals surface area contributed by atoms with Gasteiger partial charge >= 0.3 is 0 Å². The van der Waals surface area contributed by atoms with E-state index in [-0.39, 0.29) is 11.7 Å². The van der Waals surface area contributed by atoms with Crippen LogP contribution < -0.4 is 15.0 Å². The number of carbonyl (C=O) groups excluding carboxylic acids is 1. The molecule has 1 aliphatic rings. The molecule has 0 atom stereocenters. The van der Waals surface area contributed by atoms with Crippen molar-refractivity contribution < 1.29 is 9.53 Å². The number of fused-ring (bicyclic) bond motifs is 1. The third kappa shape index (κ3) is 3.74. The number of benzene rings is 1. The first-order chi connectivity index (χ1) is 13.1. The molecule has 0 aliphatic carbocycles. The summed E-state index contributed by atoms with van der Waals surface area (Å²) in [5.41, 5.74) is 1.03. The zero-order chi connectivity index (χ0) is 18.8. The van der Waals surface area contributed by atoms with Gasteiger partial charge in [0.05, 0.1) is 12.9 Å². The monoisotopic (exact) mass is 403 g/mol. The van der Waals surface area contributed by atoms with Crippen LogP contribution in [0.5, 0.6) is 5.75 Å². The topological polar surface area (TPSA) is 98.1 Å². The van der Waals surface area contributed by atoms with Gasteiger partial charge in [-0.2, -0.15) is 0 Å². The second-order valence-corrected chi connectivity index (χ2v) is 7.87. The number of thioether (sulfide) groups is 1. The fourth-order valence-corrected chi connectivity index (χ4v) is 4.09. The van der Waals surface area contributed by atoms with Crippen molar-refractivity contribution in [3.8, 4) is 5.75 Å². The van der Waals surface area contributed by atoms with E-state index >= 15 is 0 Å². The number of ether oxygens (including phenoxy) is 1. The van der Waals surface area contributed by atoms with Crippen LogP contribution in [0.3, 0.4) is 0 Å². The zero-order valence-electron chi connectivity index (χ0n) is 14.7. The van der Waals surface area contributed by atoms with Crippen LogP contribution in [0, 0.1) is 6.92 Å². The number of nitrogens with one attached hydrogen (secondary N) is 1. The summed E-state index contributed by atoms with van der Waals surface area (Å²) in [5.74, 6) is 1.69. The molecular weight excluding hydrogens is 386 g/mol. The van der Waals surface area contributed by atoms with E-state index in [0.717, 1.165) is 40.6 Å². The Kier molecular flexibility index (Phi) is 4.94. The fraction of sp³-hybridized carbons (Fsp3) is 0.312. The van der Waals surface area contributed by atoms with Crippen LogP contribution in [-0.2, 0) is 11.3 Å². The van der Waals surface area contributed by atoms with Crippen molar-refractivity contribution in [1.29, 1.82) is 0 Å². The maximum Gasteiger partial charge on any atom is 0.236 e. The van der Waals surface area contributed by atoms with E-state index in [1.165, 1.54) is 23.1 Å². The molecule has 0 saturated carbocycles. The molecule has 140 valence electrons. The number of rotatable bonds is 6. The largest absolute Gasteiger partial charge is 0.497 e. The predicted molar refractivity (Wildman–Crippen MR) is 104 cm³/mol. The molecule has 9 nitrogen and oxygen atoms in total. The molecule has 1 aromatic carbocycles. The molecule has 0 bridgehead atoms. The molecule has 3 aromatic rings. The van der Waals surface area contributed by atoms with E-state index in [1.807, 2.05) is 35.8 Å². The van der Waals surface area contributed by atoms with Gasteiger partial charge in [-0.05, 0) is 31.2 Å². The second kappa shape index (κ2) is 7.53. The third-order valence-corrected chi connectivity index (χ3v) is 5.70. The molecule has 4 rings (SSSR count). The van der Waals surface area contributed by atoms with Gasteiger partial charge in [-0.15, -0.1) is 20.4 Å². The van der Waals surface area contributed by atoms with Gasteiger partial charge in [0, 0.05) is 18.8 Å². The van der Waals surface area contributed by atoms with Crippen LogP contribution in [0.1, 0.15) is 5.01 Å². The Labute approximate surface area is 163 Å². The fourth-order valence-electron chi connectivity index (χ4n) is 2.72. The molecular formula is C16H17N7O2S2. The van der Waals surface area contributed by atoms with E-state index in [2.05, 4.69) is 30.6 Å². The summed E-state index contributed by atoms with van der Waals surface area (Å²) < 4.78 is 7.23. The summed E-state index contributed by atoms with van der Waals surface area (Å²) in [6.45, 7) is 3.42. The lowest BCUT2D eigenvalue weighted by molar-refractivity contribution is -0.113. The molecule has 3 heterocycles. The Morgan fingerprint density at radius 2 is 2.04 bits per heavy atom. The molecule has 0 unspecified atom stereocenters. The van der Waals surface area contributed by atoms with Gasteiger partial charge in [-0.1, -0.05) is 23.1 Å². The molecule has 2 aromatic heterocycles. The van der Waals surface area contributed by atoms with Gasteiger partial charge in [0.1, 0.15) is 10.8 Å². The highest BCUT2D eigenvalue weighted by molar-refractivity contribution is 7.99. The summed E-state index contributed by atoms with van der Waals surface area (Å²) in [7, 11) is 1.65. The summed E-state index contributed by atoms with van der Waals surface area (Å²) >= 11 is 2.70. The first kappa shape index (κ1) is 17.7. The lowest BCUT2D eigenvalue weighted by Gasteiger charge is -2.15. The van der Waals surface area contributed by atoms with Crippen molar-refractivity contribution in [3.63, 3.8) is 0 Å². The number of hydrogen-bond donors (Lipinski definition) is 1. The number of aromatic nitrogens is 5. The van der Waals surface area contributed by atoms with Gasteiger partial charge in [0.25, 0.3) is 0 Å². The van der Waals surface area contributed by atoms with Crippen LogP contribution in [0.15, 0.2) is 29.4 Å². The van der Waals surface area contributed by atoms with Crippen molar-refractivity contribution in [2.24, 2.45) is 0 Å². The maximum atomic E-state index is 12.1. The number of aryl methyl sites for hydroxylation is 1. The average Bonchev–Trinajstić information content (AvgIpc) is 3.37. The van der Waals surface area contributed by atoms with Crippen molar-refractivity contribution in [3.05, 3.63) is 29.3 Å². The van der Waals surface area contributed by atoms with Crippen molar-refractivity contribution in [2.45, 2.75) is 18.6 Å². The lowest BCUT2D eigenvalue weighted by Crippen LogP contribution is -2.14. The van der Waals surface area contributed by atoms with Gasteiger partial charge in [0.15, 0.2) is 5.16 Å². The van der Waals surface area contributed by atoms with Crippen LogP contribution in [0.2, 0.25) is 0 Å². The van der Waals surface area contributed by atoms with Crippen LogP contribution in [0.4, 0.5) is 16.8 Å². The van der Waals surface area contributed by atoms with Crippen LogP contribution >= 0.6 is 23.1 Å². The number of amides is 1. The number of methoxy groups -OCH3 is 1. The highest BCUT2D eigenvalue weighted by atomic mass is 32.2. The Bertz CT molecular complexity index is 954. The lowest BCUT2D eigenvalue weighted by atomic mass is 10.3. The minimum atomic E-state index is -0.140. The van der Waals surface area contributed by atoms with Crippen molar-refractivity contribution in [2.75, 3.05) is 29.6 Å². The molecule has 0 spiro atoms. The highest BCUT2D eigenvalue weighted by Gasteiger charge is 2.26. The highest BCUT2D eigenvalue weighted by Crippen LogP contribution is 2.32. The number of carbonyl (C=O) groups is 1. The van der Waals surface area contributed by atoms with E-state index in [4.69, 9.17) is 4.74 Å². The molecule has 1 amide bonds. The molecule has 27 heavy (non-hydrogen) atoms. The number of anilines is 3. The summed E-state index contributed by atoms with van der Waals surface area (Å²) in [6, 6.07) is 7.83. The quantitative estimate of drug-likeness (QED) is 0.626. The van der Waals surface area contributed by atoms with E-state index in [1.54, 1.807) is 7.11 Å². The van der Waals surface area contributed by atoms with Crippen molar-refractivity contribution in [1.82, 2.24) is 25.0 Å². The maximum absolute atomic E-state index is 12.1. The normalized spacial score (nSPS) is 12.9. The van der Waals surface area contributed by atoms with Crippen LogP contribution in [-0.4, -0.2) is 50.3 Å². The predicted octanol–water partition coefficient (Wildman–Crippen LogP) is 2.33. The number of hydrogen-bond acceptors (Lipinski definition) is 9. The van der Waals surface area contributed by atoms with Gasteiger partial charge < -0.3 is 9.64 Å².